The fraction of sp³-hybridized carbons (Fsp3) is 0. The largest absolute Gasteiger partial charge is 0.361 e. The normalized spacial score (nSPS) is 11.2. The highest BCUT2D eigenvalue weighted by atomic mass is 35.5. The number of anilines is 1. The molecule has 5 aromatic rings. The number of fused-ring (bicyclic) bond motifs is 2. The van der Waals surface area contributed by atoms with Crippen LogP contribution in [0.25, 0.3) is 33.1 Å². The molecule has 2 heterocycles. The molecule has 3 aromatic carbocycles. The van der Waals surface area contributed by atoms with Crippen molar-refractivity contribution in [2.24, 2.45) is 0 Å². The van der Waals surface area contributed by atoms with Gasteiger partial charge in [0.05, 0.1) is 26.8 Å². The van der Waals surface area contributed by atoms with Gasteiger partial charge in [-0.2, -0.15) is 5.10 Å². The minimum Gasteiger partial charge on any atom is -0.361 e. The highest BCUT2D eigenvalue weighted by molar-refractivity contribution is 6.40. The van der Waals surface area contributed by atoms with E-state index in [-0.39, 0.29) is 11.5 Å². The number of nitrogens with one attached hydrogen (secondary N) is 3. The Labute approximate surface area is 175 Å². The van der Waals surface area contributed by atoms with Crippen molar-refractivity contribution in [1.82, 2.24) is 15.2 Å². The molecule has 3 N–H and O–H groups in total. The maximum atomic E-state index is 12.7. The molecule has 0 radical (unpaired) electrons. The van der Waals surface area contributed by atoms with E-state index in [2.05, 4.69) is 26.6 Å². The zero-order valence-electron chi connectivity index (χ0n) is 15.0. The van der Waals surface area contributed by atoms with E-state index < -0.39 is 0 Å². The molecule has 5 rings (SSSR count). The van der Waals surface area contributed by atoms with Crippen LogP contribution < -0.4 is 5.32 Å². The summed E-state index contributed by atoms with van der Waals surface area (Å²) in [7, 11) is 0. The first-order valence-electron chi connectivity index (χ1n) is 8.91. The number of carbonyl (C=O) groups is 1. The summed E-state index contributed by atoms with van der Waals surface area (Å²) in [6, 6.07) is 18.7. The first-order valence-corrected chi connectivity index (χ1v) is 9.67. The fourth-order valence-corrected chi connectivity index (χ4v) is 3.99. The lowest BCUT2D eigenvalue weighted by Crippen LogP contribution is -2.13. The van der Waals surface area contributed by atoms with Crippen molar-refractivity contribution in [3.8, 4) is 11.3 Å². The van der Waals surface area contributed by atoms with Crippen LogP contribution in [0.2, 0.25) is 10.0 Å². The van der Waals surface area contributed by atoms with Gasteiger partial charge in [-0.05, 0) is 48.5 Å². The van der Waals surface area contributed by atoms with E-state index >= 15 is 0 Å². The molecule has 0 unspecified atom stereocenters. The van der Waals surface area contributed by atoms with Crippen molar-refractivity contribution in [1.29, 1.82) is 0 Å². The Hall–Kier alpha value is -3.28. The minimum atomic E-state index is -0.362. The van der Waals surface area contributed by atoms with E-state index in [9.17, 15) is 4.79 Å². The van der Waals surface area contributed by atoms with Gasteiger partial charge < -0.3 is 10.3 Å². The average Bonchev–Trinajstić information content (AvgIpc) is 3.33. The van der Waals surface area contributed by atoms with E-state index in [4.69, 9.17) is 23.2 Å². The number of benzene rings is 3. The van der Waals surface area contributed by atoms with Gasteiger partial charge in [-0.1, -0.05) is 35.3 Å². The third-order valence-electron chi connectivity index (χ3n) is 4.84. The number of aromatic nitrogens is 3. The molecule has 0 fully saturated rings. The van der Waals surface area contributed by atoms with Gasteiger partial charge in [0.1, 0.15) is 0 Å². The molecule has 0 spiro atoms. The Bertz CT molecular complexity index is 1370. The van der Waals surface area contributed by atoms with Crippen molar-refractivity contribution in [2.45, 2.75) is 0 Å². The molecule has 1 amide bonds. The highest BCUT2D eigenvalue weighted by Gasteiger charge is 2.16. The SMILES string of the molecule is O=C(Nc1ccc2[nH]nc(-c3ccc4[nH]ccc4c3)c2c1)c1c(Cl)cccc1Cl. The lowest BCUT2D eigenvalue weighted by molar-refractivity contribution is 0.102. The molecule has 0 atom stereocenters. The van der Waals surface area contributed by atoms with Gasteiger partial charge in [0.2, 0.25) is 0 Å². The number of nitrogens with zero attached hydrogens (tertiary/aromatic N) is 1. The summed E-state index contributed by atoms with van der Waals surface area (Å²) in [5.41, 5.74) is 4.63. The zero-order valence-corrected chi connectivity index (χ0v) is 16.5. The van der Waals surface area contributed by atoms with Gasteiger partial charge in [-0.3, -0.25) is 9.89 Å². The summed E-state index contributed by atoms with van der Waals surface area (Å²) in [5, 5.41) is 13.0. The van der Waals surface area contributed by atoms with Crippen LogP contribution in [0.1, 0.15) is 10.4 Å². The van der Waals surface area contributed by atoms with E-state index in [0.29, 0.717) is 15.7 Å². The molecular weight excluding hydrogens is 407 g/mol. The number of carbonyl (C=O) groups excluding carboxylic acids is 1. The minimum absolute atomic E-state index is 0.251. The van der Waals surface area contributed by atoms with E-state index in [1.54, 1.807) is 18.2 Å². The van der Waals surface area contributed by atoms with Crippen LogP contribution in [-0.2, 0) is 0 Å². The lowest BCUT2D eigenvalue weighted by atomic mass is 10.1. The summed E-state index contributed by atoms with van der Waals surface area (Å²) in [6.07, 6.45) is 1.91. The number of aromatic amines is 2. The average molecular weight is 421 g/mol. The second-order valence-electron chi connectivity index (χ2n) is 6.66. The summed E-state index contributed by atoms with van der Waals surface area (Å²) in [6.45, 7) is 0. The Balaban J connectivity index is 1.53. The van der Waals surface area contributed by atoms with Crippen LogP contribution >= 0.6 is 23.2 Å². The molecule has 142 valence electrons. The predicted molar refractivity (Wildman–Crippen MR) is 118 cm³/mol. The van der Waals surface area contributed by atoms with Crippen LogP contribution in [0.4, 0.5) is 5.69 Å². The second kappa shape index (κ2) is 6.95. The Morgan fingerprint density at radius 2 is 1.72 bits per heavy atom. The molecule has 2 aromatic heterocycles. The first-order chi connectivity index (χ1) is 14.1. The molecule has 7 heteroatoms. The van der Waals surface area contributed by atoms with Gasteiger partial charge >= 0.3 is 0 Å². The van der Waals surface area contributed by atoms with Crippen LogP contribution in [-0.4, -0.2) is 21.1 Å². The van der Waals surface area contributed by atoms with Crippen molar-refractivity contribution in [3.05, 3.63) is 82.5 Å². The molecule has 0 aliphatic carbocycles. The molecular formula is C22H14Cl2N4O. The maximum absolute atomic E-state index is 12.7. The van der Waals surface area contributed by atoms with Gasteiger partial charge in [-0.15, -0.1) is 0 Å². The standard InChI is InChI=1S/C22H14Cl2N4O/c23-16-2-1-3-17(24)20(16)22(29)26-14-5-7-19-15(11-14)21(28-27-19)13-4-6-18-12(10-13)8-9-25-18/h1-11,25H,(H,26,29)(H,27,28). The Morgan fingerprint density at radius 1 is 0.931 bits per heavy atom. The second-order valence-corrected chi connectivity index (χ2v) is 7.48. The Kier molecular flexibility index (Phi) is 4.27. The summed E-state index contributed by atoms with van der Waals surface area (Å²) >= 11 is 12.3. The molecule has 0 saturated carbocycles. The van der Waals surface area contributed by atoms with Gasteiger partial charge in [-0.25, -0.2) is 0 Å². The fourth-order valence-electron chi connectivity index (χ4n) is 3.42. The van der Waals surface area contributed by atoms with E-state index in [1.165, 1.54) is 0 Å². The quantitative estimate of drug-likeness (QED) is 0.321. The molecule has 0 aliphatic heterocycles. The number of amides is 1. The van der Waals surface area contributed by atoms with Crippen LogP contribution in [0, 0.1) is 0 Å². The monoisotopic (exact) mass is 420 g/mol. The summed E-state index contributed by atoms with van der Waals surface area (Å²) in [4.78, 5) is 15.9. The van der Waals surface area contributed by atoms with Gasteiger partial charge in [0, 0.05) is 33.7 Å². The van der Waals surface area contributed by atoms with Crippen molar-refractivity contribution in [2.75, 3.05) is 5.32 Å². The number of H-pyrrole nitrogens is 2. The third kappa shape index (κ3) is 3.14. The van der Waals surface area contributed by atoms with Crippen molar-refractivity contribution in [3.63, 3.8) is 0 Å². The van der Waals surface area contributed by atoms with Crippen LogP contribution in [0.15, 0.2) is 66.9 Å². The van der Waals surface area contributed by atoms with Crippen LogP contribution in [0.3, 0.4) is 0 Å². The van der Waals surface area contributed by atoms with E-state index in [1.807, 2.05) is 42.6 Å². The smallest absolute Gasteiger partial charge is 0.258 e. The maximum Gasteiger partial charge on any atom is 0.258 e. The molecule has 0 aliphatic rings. The number of halogens is 2. The highest BCUT2D eigenvalue weighted by Crippen LogP contribution is 2.31. The predicted octanol–water partition coefficient (Wildman–Crippen LogP) is 6.27. The van der Waals surface area contributed by atoms with Gasteiger partial charge in [0.25, 0.3) is 5.91 Å². The number of rotatable bonds is 3. The van der Waals surface area contributed by atoms with Crippen molar-refractivity contribution < 1.29 is 4.79 Å². The van der Waals surface area contributed by atoms with Gasteiger partial charge in [0.15, 0.2) is 0 Å². The van der Waals surface area contributed by atoms with Crippen LogP contribution in [0.5, 0.6) is 0 Å². The first kappa shape index (κ1) is 17.8. The number of hydrogen-bond acceptors (Lipinski definition) is 2. The Morgan fingerprint density at radius 3 is 2.55 bits per heavy atom. The lowest BCUT2D eigenvalue weighted by Gasteiger charge is -2.09. The molecule has 29 heavy (non-hydrogen) atoms. The molecule has 0 saturated heterocycles. The van der Waals surface area contributed by atoms with E-state index in [0.717, 1.165) is 33.1 Å². The summed E-state index contributed by atoms with van der Waals surface area (Å²) < 4.78 is 0. The van der Waals surface area contributed by atoms with Crippen molar-refractivity contribution >= 4 is 56.6 Å². The number of hydrogen-bond donors (Lipinski definition) is 3. The summed E-state index contributed by atoms with van der Waals surface area (Å²) in [5.74, 6) is -0.362. The topological polar surface area (TPSA) is 73.6 Å². The molecule has 5 nitrogen and oxygen atoms in total. The zero-order chi connectivity index (χ0) is 20.0. The molecule has 0 bridgehead atoms. The third-order valence-corrected chi connectivity index (χ3v) is 5.47.